The lowest BCUT2D eigenvalue weighted by molar-refractivity contribution is 0.191. The van der Waals surface area contributed by atoms with Crippen LogP contribution in [0, 0.1) is 5.92 Å². The van der Waals surface area contributed by atoms with E-state index in [1.165, 1.54) is 12.8 Å². The van der Waals surface area contributed by atoms with Crippen LogP contribution in [0.5, 0.6) is 0 Å². The van der Waals surface area contributed by atoms with Gasteiger partial charge in [-0.05, 0) is 25.2 Å². The van der Waals surface area contributed by atoms with Crippen molar-refractivity contribution in [2.75, 3.05) is 6.61 Å². The normalized spacial score (nSPS) is 36.7. The molecule has 1 aliphatic carbocycles. The predicted octanol–water partition coefficient (Wildman–Crippen LogP) is 1.78. The standard InChI is InChI=1S/C7H13ClO/c8-7-3-1-2-6(4-7)5-9/h6-7,9H,1-5H2. The molecule has 1 nitrogen and oxygen atoms in total. The molecule has 0 bridgehead atoms. The van der Waals surface area contributed by atoms with Gasteiger partial charge in [0, 0.05) is 12.0 Å². The Morgan fingerprint density at radius 1 is 1.44 bits per heavy atom. The lowest BCUT2D eigenvalue weighted by Gasteiger charge is -2.23. The average Bonchev–Trinajstić information content (AvgIpc) is 1.88. The maximum Gasteiger partial charge on any atom is 0.0459 e. The number of alkyl halides is 1. The molecule has 0 aromatic heterocycles. The molecule has 0 aromatic carbocycles. The summed E-state index contributed by atoms with van der Waals surface area (Å²) in [6, 6.07) is 0. The number of hydrogen-bond donors (Lipinski definition) is 1. The van der Waals surface area contributed by atoms with Crippen LogP contribution in [0.25, 0.3) is 0 Å². The van der Waals surface area contributed by atoms with Crippen LogP contribution in [0.1, 0.15) is 25.7 Å². The second-order valence-electron chi connectivity index (χ2n) is 2.81. The second kappa shape index (κ2) is 3.43. The summed E-state index contributed by atoms with van der Waals surface area (Å²) >= 11 is 5.88. The Hall–Kier alpha value is 0.250. The molecule has 1 saturated carbocycles. The zero-order chi connectivity index (χ0) is 6.69. The second-order valence-corrected chi connectivity index (χ2v) is 3.43. The first kappa shape index (κ1) is 7.36. The van der Waals surface area contributed by atoms with Crippen molar-refractivity contribution < 1.29 is 5.11 Å². The molecule has 9 heavy (non-hydrogen) atoms. The molecule has 1 aliphatic rings. The van der Waals surface area contributed by atoms with Gasteiger partial charge in [-0.15, -0.1) is 11.6 Å². The van der Waals surface area contributed by atoms with E-state index in [1.54, 1.807) is 0 Å². The first-order chi connectivity index (χ1) is 4.33. The van der Waals surface area contributed by atoms with E-state index in [9.17, 15) is 0 Å². The van der Waals surface area contributed by atoms with Gasteiger partial charge in [0.15, 0.2) is 0 Å². The van der Waals surface area contributed by atoms with Gasteiger partial charge in [-0.25, -0.2) is 0 Å². The van der Waals surface area contributed by atoms with Gasteiger partial charge >= 0.3 is 0 Å². The number of aliphatic hydroxyl groups excluding tert-OH is 1. The molecular formula is C7H13ClO. The molecule has 0 radical (unpaired) electrons. The van der Waals surface area contributed by atoms with E-state index in [4.69, 9.17) is 16.7 Å². The van der Waals surface area contributed by atoms with Crippen molar-refractivity contribution in [1.29, 1.82) is 0 Å². The highest BCUT2D eigenvalue weighted by Crippen LogP contribution is 2.26. The Morgan fingerprint density at radius 3 is 2.67 bits per heavy atom. The van der Waals surface area contributed by atoms with E-state index in [0.29, 0.717) is 17.9 Å². The molecule has 0 aliphatic heterocycles. The molecule has 54 valence electrons. The quantitative estimate of drug-likeness (QED) is 0.562. The van der Waals surface area contributed by atoms with Gasteiger partial charge in [0.2, 0.25) is 0 Å². The average molecular weight is 149 g/mol. The monoisotopic (exact) mass is 148 g/mol. The van der Waals surface area contributed by atoms with E-state index >= 15 is 0 Å². The summed E-state index contributed by atoms with van der Waals surface area (Å²) in [5, 5.41) is 9.08. The zero-order valence-electron chi connectivity index (χ0n) is 5.52. The molecule has 0 heterocycles. The Kier molecular flexibility index (Phi) is 2.80. The van der Waals surface area contributed by atoms with Crippen LogP contribution >= 0.6 is 11.6 Å². The SMILES string of the molecule is OCC1CCCC(Cl)C1. The fraction of sp³-hybridized carbons (Fsp3) is 1.00. The van der Waals surface area contributed by atoms with Crippen molar-refractivity contribution in [3.63, 3.8) is 0 Å². The van der Waals surface area contributed by atoms with Gasteiger partial charge in [-0.3, -0.25) is 0 Å². The van der Waals surface area contributed by atoms with Gasteiger partial charge in [-0.1, -0.05) is 6.42 Å². The van der Waals surface area contributed by atoms with Crippen molar-refractivity contribution in [2.45, 2.75) is 31.1 Å². The fourth-order valence-electron chi connectivity index (χ4n) is 1.39. The predicted molar refractivity (Wildman–Crippen MR) is 38.7 cm³/mol. The summed E-state index contributed by atoms with van der Waals surface area (Å²) in [5.41, 5.74) is 0. The smallest absolute Gasteiger partial charge is 0.0459 e. The Morgan fingerprint density at radius 2 is 2.22 bits per heavy atom. The van der Waals surface area contributed by atoms with Gasteiger partial charge in [0.05, 0.1) is 0 Å². The maximum atomic E-state index is 8.75. The van der Waals surface area contributed by atoms with Gasteiger partial charge in [-0.2, -0.15) is 0 Å². The molecular weight excluding hydrogens is 136 g/mol. The summed E-state index contributed by atoms with van der Waals surface area (Å²) in [7, 11) is 0. The van der Waals surface area contributed by atoms with E-state index in [-0.39, 0.29) is 0 Å². The van der Waals surface area contributed by atoms with Crippen LogP contribution < -0.4 is 0 Å². The molecule has 2 unspecified atom stereocenters. The number of aliphatic hydroxyl groups is 1. The van der Waals surface area contributed by atoms with E-state index in [2.05, 4.69) is 0 Å². The van der Waals surface area contributed by atoms with E-state index in [0.717, 1.165) is 12.8 Å². The number of halogens is 1. The van der Waals surface area contributed by atoms with Crippen LogP contribution in [-0.4, -0.2) is 17.1 Å². The van der Waals surface area contributed by atoms with E-state index in [1.807, 2.05) is 0 Å². The summed E-state index contributed by atoms with van der Waals surface area (Å²) in [4.78, 5) is 0. The van der Waals surface area contributed by atoms with Gasteiger partial charge in [0.1, 0.15) is 0 Å². The first-order valence-corrected chi connectivity index (χ1v) is 4.01. The maximum absolute atomic E-state index is 8.75. The minimum Gasteiger partial charge on any atom is -0.396 e. The molecule has 0 amide bonds. The topological polar surface area (TPSA) is 20.2 Å². The van der Waals surface area contributed by atoms with Crippen LogP contribution in [0.15, 0.2) is 0 Å². The molecule has 1 fully saturated rings. The fourth-order valence-corrected chi connectivity index (χ4v) is 1.80. The molecule has 0 aromatic rings. The molecule has 1 rings (SSSR count). The van der Waals surface area contributed by atoms with Crippen molar-refractivity contribution in [2.24, 2.45) is 5.92 Å². The van der Waals surface area contributed by atoms with Crippen LogP contribution in [-0.2, 0) is 0 Å². The third-order valence-corrected chi connectivity index (χ3v) is 2.37. The Labute approximate surface area is 61.0 Å². The summed E-state index contributed by atoms with van der Waals surface area (Å²) in [5.74, 6) is 0.487. The Balaban J connectivity index is 2.23. The Bertz CT molecular complexity index is 85.0. The zero-order valence-corrected chi connectivity index (χ0v) is 6.27. The highest BCUT2D eigenvalue weighted by molar-refractivity contribution is 6.20. The third-order valence-electron chi connectivity index (χ3n) is 1.98. The van der Waals surface area contributed by atoms with Crippen LogP contribution in [0.3, 0.4) is 0 Å². The van der Waals surface area contributed by atoms with Gasteiger partial charge in [0.25, 0.3) is 0 Å². The highest BCUT2D eigenvalue weighted by atomic mass is 35.5. The summed E-state index contributed by atoms with van der Waals surface area (Å²) in [6.45, 7) is 0.323. The van der Waals surface area contributed by atoms with Crippen molar-refractivity contribution in [3.05, 3.63) is 0 Å². The highest BCUT2D eigenvalue weighted by Gasteiger charge is 2.18. The minimum atomic E-state index is 0.323. The van der Waals surface area contributed by atoms with Crippen LogP contribution in [0.4, 0.5) is 0 Å². The largest absolute Gasteiger partial charge is 0.396 e. The molecule has 0 saturated heterocycles. The minimum absolute atomic E-state index is 0.323. The lowest BCUT2D eigenvalue weighted by atomic mass is 9.90. The molecule has 2 heteroatoms. The van der Waals surface area contributed by atoms with Crippen molar-refractivity contribution in [1.82, 2.24) is 0 Å². The third kappa shape index (κ3) is 2.15. The number of rotatable bonds is 1. The van der Waals surface area contributed by atoms with E-state index < -0.39 is 0 Å². The first-order valence-electron chi connectivity index (χ1n) is 3.58. The molecule has 2 atom stereocenters. The lowest BCUT2D eigenvalue weighted by Crippen LogP contribution is -2.17. The van der Waals surface area contributed by atoms with Crippen LogP contribution in [0.2, 0.25) is 0 Å². The molecule has 0 spiro atoms. The summed E-state index contributed by atoms with van der Waals surface area (Å²) in [6.07, 6.45) is 4.51. The van der Waals surface area contributed by atoms with Crippen molar-refractivity contribution >= 4 is 11.6 Å². The van der Waals surface area contributed by atoms with Gasteiger partial charge < -0.3 is 5.11 Å². The number of hydrogen-bond acceptors (Lipinski definition) is 1. The molecule has 1 N–H and O–H groups in total. The van der Waals surface area contributed by atoms with Crippen molar-refractivity contribution in [3.8, 4) is 0 Å². The summed E-state index contributed by atoms with van der Waals surface area (Å²) < 4.78 is 0.